The summed E-state index contributed by atoms with van der Waals surface area (Å²) in [6, 6.07) is 9.20. The zero-order valence-corrected chi connectivity index (χ0v) is 15.5. The Hall–Kier alpha value is -3.62. The van der Waals surface area contributed by atoms with Crippen molar-refractivity contribution >= 4 is 29.4 Å². The molecular formula is C19H21N3O6. The van der Waals surface area contributed by atoms with E-state index in [4.69, 9.17) is 9.15 Å². The van der Waals surface area contributed by atoms with E-state index in [2.05, 4.69) is 16.0 Å². The molecule has 2 aromatic rings. The first-order valence-corrected chi connectivity index (χ1v) is 8.54. The van der Waals surface area contributed by atoms with Gasteiger partial charge in [-0.05, 0) is 38.1 Å². The van der Waals surface area contributed by atoms with Crippen LogP contribution in [0.15, 0.2) is 47.1 Å². The Balaban J connectivity index is 1.89. The maximum atomic E-state index is 12.3. The molecule has 0 saturated heterocycles. The number of hydrogen-bond donors (Lipinski definition) is 3. The van der Waals surface area contributed by atoms with Crippen molar-refractivity contribution in [3.05, 3.63) is 54.0 Å². The second-order valence-electron chi connectivity index (χ2n) is 6.05. The summed E-state index contributed by atoms with van der Waals surface area (Å²) in [4.78, 5) is 47.6. The molecule has 0 saturated carbocycles. The Morgan fingerprint density at radius 1 is 1.04 bits per heavy atom. The van der Waals surface area contributed by atoms with E-state index in [1.54, 1.807) is 32.0 Å². The number of esters is 1. The molecule has 28 heavy (non-hydrogen) atoms. The molecule has 0 unspecified atom stereocenters. The number of benzene rings is 1. The van der Waals surface area contributed by atoms with Crippen LogP contribution in [0.5, 0.6) is 0 Å². The van der Waals surface area contributed by atoms with Gasteiger partial charge >= 0.3 is 5.97 Å². The van der Waals surface area contributed by atoms with Gasteiger partial charge in [0.05, 0.1) is 24.1 Å². The summed E-state index contributed by atoms with van der Waals surface area (Å²) in [5, 5.41) is 7.52. The van der Waals surface area contributed by atoms with Crippen molar-refractivity contribution in [1.82, 2.24) is 10.6 Å². The first kappa shape index (κ1) is 20.7. The van der Waals surface area contributed by atoms with Crippen LogP contribution in [0.1, 0.15) is 34.8 Å². The zero-order valence-electron chi connectivity index (χ0n) is 15.5. The average molecular weight is 387 g/mol. The van der Waals surface area contributed by atoms with Gasteiger partial charge in [0.2, 0.25) is 5.91 Å². The van der Waals surface area contributed by atoms with Gasteiger partial charge in [0.25, 0.3) is 11.8 Å². The number of furan rings is 1. The lowest BCUT2D eigenvalue weighted by Gasteiger charge is -2.11. The van der Waals surface area contributed by atoms with Crippen molar-refractivity contribution in [2.45, 2.75) is 19.9 Å². The fourth-order valence-corrected chi connectivity index (χ4v) is 2.17. The van der Waals surface area contributed by atoms with Crippen molar-refractivity contribution in [2.75, 3.05) is 18.5 Å². The predicted molar refractivity (Wildman–Crippen MR) is 99.7 cm³/mol. The van der Waals surface area contributed by atoms with Gasteiger partial charge in [-0.1, -0.05) is 12.1 Å². The highest BCUT2D eigenvalue weighted by atomic mass is 16.5. The molecule has 1 heterocycles. The van der Waals surface area contributed by atoms with E-state index < -0.39 is 24.4 Å². The highest BCUT2D eigenvalue weighted by molar-refractivity contribution is 6.06. The second kappa shape index (κ2) is 9.91. The number of ether oxygens (including phenoxy) is 1. The van der Waals surface area contributed by atoms with Crippen molar-refractivity contribution < 1.29 is 28.3 Å². The van der Waals surface area contributed by atoms with Gasteiger partial charge in [0.1, 0.15) is 0 Å². The Morgan fingerprint density at radius 3 is 2.46 bits per heavy atom. The smallest absolute Gasteiger partial charge is 0.340 e. The average Bonchev–Trinajstić information content (AvgIpc) is 3.19. The molecule has 3 N–H and O–H groups in total. The number of carbonyl (C=O) groups is 4. The van der Waals surface area contributed by atoms with Gasteiger partial charge in [-0.25, -0.2) is 4.79 Å². The van der Waals surface area contributed by atoms with E-state index in [-0.39, 0.29) is 35.5 Å². The summed E-state index contributed by atoms with van der Waals surface area (Å²) in [7, 11) is 0. The standard InChI is InChI=1S/C19H21N3O6/c1-12(2)21-16(23)10-20-17(24)11-28-19(26)13-6-3-4-7-14(13)22-18(25)15-8-5-9-27-15/h3-9,12H,10-11H2,1-2H3,(H,20,24)(H,21,23)(H,22,25). The number of amides is 3. The van der Waals surface area contributed by atoms with E-state index in [1.807, 2.05) is 0 Å². The number of rotatable bonds is 8. The van der Waals surface area contributed by atoms with Gasteiger partial charge in [-0.3, -0.25) is 14.4 Å². The van der Waals surface area contributed by atoms with E-state index >= 15 is 0 Å². The Bertz CT molecular complexity index is 845. The molecule has 0 fully saturated rings. The Kier molecular flexibility index (Phi) is 7.32. The molecule has 0 bridgehead atoms. The Labute approximate surface area is 161 Å². The largest absolute Gasteiger partial charge is 0.459 e. The predicted octanol–water partition coefficient (Wildman–Crippen LogP) is 1.33. The minimum absolute atomic E-state index is 0.0462. The highest BCUT2D eigenvalue weighted by Crippen LogP contribution is 2.17. The van der Waals surface area contributed by atoms with Crippen LogP contribution in [-0.4, -0.2) is 42.9 Å². The summed E-state index contributed by atoms with van der Waals surface area (Å²) in [5.41, 5.74) is 0.290. The number of nitrogens with one attached hydrogen (secondary N) is 3. The summed E-state index contributed by atoms with van der Waals surface area (Å²) >= 11 is 0. The van der Waals surface area contributed by atoms with Crippen LogP contribution in [-0.2, 0) is 14.3 Å². The molecule has 9 nitrogen and oxygen atoms in total. The van der Waals surface area contributed by atoms with Gasteiger partial charge < -0.3 is 25.1 Å². The van der Waals surface area contributed by atoms with Crippen molar-refractivity contribution in [3.8, 4) is 0 Å². The van der Waals surface area contributed by atoms with Gasteiger partial charge in [0.15, 0.2) is 12.4 Å². The van der Waals surface area contributed by atoms with E-state index in [0.29, 0.717) is 0 Å². The molecule has 0 spiro atoms. The molecule has 2 rings (SSSR count). The van der Waals surface area contributed by atoms with E-state index in [9.17, 15) is 19.2 Å². The molecule has 1 aromatic carbocycles. The van der Waals surface area contributed by atoms with E-state index in [1.165, 1.54) is 24.5 Å². The molecule has 0 aliphatic rings. The lowest BCUT2D eigenvalue weighted by molar-refractivity contribution is -0.128. The van der Waals surface area contributed by atoms with Crippen LogP contribution >= 0.6 is 0 Å². The Morgan fingerprint density at radius 2 is 1.79 bits per heavy atom. The van der Waals surface area contributed by atoms with Crippen LogP contribution in [0.3, 0.4) is 0 Å². The summed E-state index contributed by atoms with van der Waals surface area (Å²) < 4.78 is 9.96. The van der Waals surface area contributed by atoms with Crippen LogP contribution in [0.4, 0.5) is 5.69 Å². The highest BCUT2D eigenvalue weighted by Gasteiger charge is 2.17. The second-order valence-corrected chi connectivity index (χ2v) is 6.05. The molecule has 1 aromatic heterocycles. The lowest BCUT2D eigenvalue weighted by Crippen LogP contribution is -2.41. The van der Waals surface area contributed by atoms with Crippen molar-refractivity contribution in [2.24, 2.45) is 0 Å². The normalized spacial score (nSPS) is 10.2. The van der Waals surface area contributed by atoms with Crippen LogP contribution < -0.4 is 16.0 Å². The molecule has 9 heteroatoms. The first-order chi connectivity index (χ1) is 13.4. The maximum absolute atomic E-state index is 12.3. The SMILES string of the molecule is CC(C)NC(=O)CNC(=O)COC(=O)c1ccccc1NC(=O)c1ccco1. The third-order valence-corrected chi connectivity index (χ3v) is 3.37. The maximum Gasteiger partial charge on any atom is 0.340 e. The van der Waals surface area contributed by atoms with Crippen LogP contribution in [0, 0.1) is 0 Å². The molecule has 3 amide bonds. The molecule has 0 aliphatic heterocycles. The summed E-state index contributed by atoms with van der Waals surface area (Å²) in [5.74, 6) is -2.21. The third kappa shape index (κ3) is 6.27. The molecule has 0 atom stereocenters. The molecule has 148 valence electrons. The number of carbonyl (C=O) groups excluding carboxylic acids is 4. The number of anilines is 1. The fraction of sp³-hybridized carbons (Fsp3) is 0.263. The topological polar surface area (TPSA) is 127 Å². The fourth-order valence-electron chi connectivity index (χ4n) is 2.17. The molecule has 0 aliphatic carbocycles. The molecule has 0 radical (unpaired) electrons. The van der Waals surface area contributed by atoms with Crippen molar-refractivity contribution in [3.63, 3.8) is 0 Å². The quantitative estimate of drug-likeness (QED) is 0.587. The number of para-hydroxylation sites is 1. The minimum atomic E-state index is -0.794. The van der Waals surface area contributed by atoms with Gasteiger partial charge in [-0.2, -0.15) is 0 Å². The summed E-state index contributed by atoms with van der Waals surface area (Å²) in [6.45, 7) is 2.81. The lowest BCUT2D eigenvalue weighted by atomic mass is 10.1. The van der Waals surface area contributed by atoms with Crippen LogP contribution in [0.2, 0.25) is 0 Å². The van der Waals surface area contributed by atoms with Crippen LogP contribution in [0.25, 0.3) is 0 Å². The molecular weight excluding hydrogens is 366 g/mol. The minimum Gasteiger partial charge on any atom is -0.459 e. The monoisotopic (exact) mass is 387 g/mol. The van der Waals surface area contributed by atoms with Gasteiger partial charge in [0, 0.05) is 6.04 Å². The summed E-state index contributed by atoms with van der Waals surface area (Å²) in [6.07, 6.45) is 1.36. The van der Waals surface area contributed by atoms with E-state index in [0.717, 1.165) is 0 Å². The zero-order chi connectivity index (χ0) is 20.5. The first-order valence-electron chi connectivity index (χ1n) is 8.54. The number of hydrogen-bond acceptors (Lipinski definition) is 6. The third-order valence-electron chi connectivity index (χ3n) is 3.37. The van der Waals surface area contributed by atoms with Gasteiger partial charge in [-0.15, -0.1) is 0 Å². The van der Waals surface area contributed by atoms with Crippen molar-refractivity contribution in [1.29, 1.82) is 0 Å².